The number of benzene rings is 2. The van der Waals surface area contributed by atoms with Crippen LogP contribution >= 0.6 is 0 Å². The van der Waals surface area contributed by atoms with E-state index in [0.717, 1.165) is 23.3 Å². The summed E-state index contributed by atoms with van der Waals surface area (Å²) in [7, 11) is 1.47. The Morgan fingerprint density at radius 2 is 1.76 bits per heavy atom. The Morgan fingerprint density at radius 1 is 0.941 bits per heavy atom. The van der Waals surface area contributed by atoms with Gasteiger partial charge in [-0.05, 0) is 68.4 Å². The number of halogens is 1. The van der Waals surface area contributed by atoms with Gasteiger partial charge in [0.2, 0.25) is 0 Å². The number of anilines is 2. The largest absolute Gasteiger partial charge is 0.495 e. The fourth-order valence-corrected chi connectivity index (χ4v) is 3.74. The van der Waals surface area contributed by atoms with E-state index in [0.29, 0.717) is 22.7 Å². The van der Waals surface area contributed by atoms with Gasteiger partial charge in [-0.25, -0.2) is 9.37 Å². The molecule has 0 spiro atoms. The van der Waals surface area contributed by atoms with Crippen LogP contribution in [0.1, 0.15) is 32.1 Å². The highest BCUT2D eigenvalue weighted by atomic mass is 19.1. The number of hydrogen-bond acceptors (Lipinski definition) is 4. The number of rotatable bonds is 6. The first-order chi connectivity index (χ1) is 16.4. The van der Waals surface area contributed by atoms with E-state index < -0.39 is 11.7 Å². The molecular formula is C26H23FN4O3. The van der Waals surface area contributed by atoms with Crippen LogP contribution in [0.15, 0.2) is 72.9 Å². The average Bonchev–Trinajstić information content (AvgIpc) is 3.13. The lowest BCUT2D eigenvalue weighted by atomic mass is 10.2. The predicted molar refractivity (Wildman–Crippen MR) is 128 cm³/mol. The van der Waals surface area contributed by atoms with Gasteiger partial charge in [-0.2, -0.15) is 0 Å². The minimum atomic E-state index is -0.510. The summed E-state index contributed by atoms with van der Waals surface area (Å²) in [5.74, 6) is -0.189. The van der Waals surface area contributed by atoms with Crippen LogP contribution in [0.2, 0.25) is 0 Å². The van der Waals surface area contributed by atoms with Gasteiger partial charge in [-0.3, -0.25) is 9.59 Å². The zero-order valence-electron chi connectivity index (χ0n) is 18.9. The zero-order valence-corrected chi connectivity index (χ0v) is 18.9. The summed E-state index contributed by atoms with van der Waals surface area (Å²) in [4.78, 5) is 30.0. The van der Waals surface area contributed by atoms with Crippen molar-refractivity contribution in [3.8, 4) is 11.6 Å². The third-order valence-electron chi connectivity index (χ3n) is 5.35. The maximum Gasteiger partial charge on any atom is 0.257 e. The maximum atomic E-state index is 13.5. The molecule has 0 aliphatic carbocycles. The van der Waals surface area contributed by atoms with Crippen LogP contribution in [0.4, 0.5) is 15.8 Å². The highest BCUT2D eigenvalue weighted by molar-refractivity contribution is 6.07. The fraction of sp³-hybridized carbons (Fsp3) is 0.115. The maximum absolute atomic E-state index is 13.5. The average molecular weight is 458 g/mol. The molecule has 4 rings (SSSR count). The Labute approximate surface area is 196 Å². The van der Waals surface area contributed by atoms with E-state index in [1.165, 1.54) is 25.3 Å². The van der Waals surface area contributed by atoms with Crippen LogP contribution in [0, 0.1) is 19.7 Å². The number of carbonyl (C=O) groups is 2. The SMILES string of the molecule is COc1ccc(NC(=O)c2cc(C)n(-c3ccccn3)c2C)cc1NC(=O)c1cccc(F)c1. The van der Waals surface area contributed by atoms with Crippen LogP contribution in [-0.4, -0.2) is 28.5 Å². The number of pyridine rings is 1. The van der Waals surface area contributed by atoms with E-state index in [9.17, 15) is 14.0 Å². The van der Waals surface area contributed by atoms with Crippen molar-refractivity contribution in [1.29, 1.82) is 0 Å². The lowest BCUT2D eigenvalue weighted by Gasteiger charge is -2.13. The molecule has 172 valence electrons. The molecular weight excluding hydrogens is 435 g/mol. The van der Waals surface area contributed by atoms with Gasteiger partial charge < -0.3 is 19.9 Å². The Bertz CT molecular complexity index is 1370. The molecule has 0 radical (unpaired) electrons. The second kappa shape index (κ2) is 9.58. The fourth-order valence-electron chi connectivity index (χ4n) is 3.74. The number of hydrogen-bond donors (Lipinski definition) is 2. The smallest absolute Gasteiger partial charge is 0.257 e. The molecule has 2 amide bonds. The summed E-state index contributed by atoms with van der Waals surface area (Å²) in [5.41, 5.74) is 3.10. The molecule has 0 aliphatic rings. The Balaban J connectivity index is 1.58. The summed E-state index contributed by atoms with van der Waals surface area (Å²) >= 11 is 0. The van der Waals surface area contributed by atoms with Crippen molar-refractivity contribution < 1.29 is 18.7 Å². The monoisotopic (exact) mass is 458 g/mol. The lowest BCUT2D eigenvalue weighted by Crippen LogP contribution is -2.15. The van der Waals surface area contributed by atoms with Crippen LogP contribution in [0.25, 0.3) is 5.82 Å². The lowest BCUT2D eigenvalue weighted by molar-refractivity contribution is 0.101. The highest BCUT2D eigenvalue weighted by Gasteiger charge is 2.18. The number of aryl methyl sites for hydroxylation is 1. The molecule has 0 saturated carbocycles. The number of aromatic nitrogens is 2. The molecule has 0 saturated heterocycles. The van der Waals surface area contributed by atoms with Crippen LogP contribution in [-0.2, 0) is 0 Å². The molecule has 2 N–H and O–H groups in total. The van der Waals surface area contributed by atoms with Gasteiger partial charge in [0.25, 0.3) is 11.8 Å². The molecule has 0 aliphatic heterocycles. The van der Waals surface area contributed by atoms with Crippen LogP contribution in [0.5, 0.6) is 5.75 Å². The summed E-state index contributed by atoms with van der Waals surface area (Å²) in [6, 6.07) is 17.7. The van der Waals surface area contributed by atoms with Gasteiger partial charge in [0.15, 0.2) is 0 Å². The summed E-state index contributed by atoms with van der Waals surface area (Å²) in [5, 5.41) is 5.58. The minimum Gasteiger partial charge on any atom is -0.495 e. The zero-order chi connectivity index (χ0) is 24.2. The predicted octanol–water partition coefficient (Wildman–Crippen LogP) is 5.14. The molecule has 34 heavy (non-hydrogen) atoms. The Hall–Kier alpha value is -4.46. The summed E-state index contributed by atoms with van der Waals surface area (Å²) in [6.07, 6.45) is 1.70. The van der Waals surface area contributed by atoms with Crippen molar-refractivity contribution in [2.75, 3.05) is 17.7 Å². The number of methoxy groups -OCH3 is 1. The molecule has 0 bridgehead atoms. The van der Waals surface area contributed by atoms with Gasteiger partial charge in [0.1, 0.15) is 17.4 Å². The van der Waals surface area contributed by atoms with E-state index in [4.69, 9.17) is 4.74 Å². The quantitative estimate of drug-likeness (QED) is 0.419. The second-order valence-electron chi connectivity index (χ2n) is 7.64. The Morgan fingerprint density at radius 3 is 2.47 bits per heavy atom. The number of nitrogens with one attached hydrogen (secondary N) is 2. The molecule has 7 nitrogen and oxygen atoms in total. The van der Waals surface area contributed by atoms with Crippen LogP contribution in [0.3, 0.4) is 0 Å². The van der Waals surface area contributed by atoms with Crippen molar-refractivity contribution in [2.24, 2.45) is 0 Å². The van der Waals surface area contributed by atoms with Gasteiger partial charge in [0, 0.05) is 28.8 Å². The second-order valence-corrected chi connectivity index (χ2v) is 7.64. The van der Waals surface area contributed by atoms with Gasteiger partial charge in [-0.1, -0.05) is 12.1 Å². The molecule has 0 unspecified atom stereocenters. The van der Waals surface area contributed by atoms with Crippen molar-refractivity contribution in [3.63, 3.8) is 0 Å². The molecule has 4 aromatic rings. The molecule has 2 aromatic heterocycles. The number of carbonyl (C=O) groups excluding carboxylic acids is 2. The Kier molecular flexibility index (Phi) is 6.40. The van der Waals surface area contributed by atoms with Crippen molar-refractivity contribution in [3.05, 3.63) is 101 Å². The molecule has 0 fully saturated rings. The summed E-state index contributed by atoms with van der Waals surface area (Å²) in [6.45, 7) is 3.77. The van der Waals surface area contributed by atoms with E-state index in [1.54, 1.807) is 30.5 Å². The highest BCUT2D eigenvalue weighted by Crippen LogP contribution is 2.29. The van der Waals surface area contributed by atoms with E-state index in [1.807, 2.05) is 36.6 Å². The van der Waals surface area contributed by atoms with E-state index >= 15 is 0 Å². The van der Waals surface area contributed by atoms with Crippen molar-refractivity contribution in [1.82, 2.24) is 9.55 Å². The molecule has 2 aromatic carbocycles. The standard InChI is InChI=1S/C26H23FN4O3/c1-16-13-21(17(2)31(16)24-9-4-5-12-28-24)26(33)29-20-10-11-23(34-3)22(15-20)30-25(32)18-7-6-8-19(27)14-18/h4-15H,1-3H3,(H,29,33)(H,30,32). The van der Waals surface area contributed by atoms with E-state index in [2.05, 4.69) is 15.6 Å². The number of ether oxygens (including phenoxy) is 1. The number of amides is 2. The van der Waals surface area contributed by atoms with Crippen molar-refractivity contribution in [2.45, 2.75) is 13.8 Å². The first-order valence-corrected chi connectivity index (χ1v) is 10.5. The van der Waals surface area contributed by atoms with Crippen LogP contribution < -0.4 is 15.4 Å². The van der Waals surface area contributed by atoms with Gasteiger partial charge >= 0.3 is 0 Å². The third kappa shape index (κ3) is 4.66. The topological polar surface area (TPSA) is 85.2 Å². The molecule has 8 heteroatoms. The van der Waals surface area contributed by atoms with Gasteiger partial charge in [0.05, 0.1) is 18.4 Å². The minimum absolute atomic E-state index is 0.165. The van der Waals surface area contributed by atoms with E-state index in [-0.39, 0.29) is 11.5 Å². The first-order valence-electron chi connectivity index (χ1n) is 10.5. The summed E-state index contributed by atoms with van der Waals surface area (Å²) < 4.78 is 20.7. The molecule has 2 heterocycles. The molecule has 0 atom stereocenters. The normalized spacial score (nSPS) is 10.6. The third-order valence-corrected chi connectivity index (χ3v) is 5.35. The first kappa shape index (κ1) is 22.7. The number of nitrogens with zero attached hydrogens (tertiary/aromatic N) is 2. The van der Waals surface area contributed by atoms with Gasteiger partial charge in [-0.15, -0.1) is 0 Å². The van der Waals surface area contributed by atoms with Crippen molar-refractivity contribution >= 4 is 23.2 Å².